The van der Waals surface area contributed by atoms with E-state index >= 15 is 0 Å². The van der Waals surface area contributed by atoms with Crippen LogP contribution in [0.15, 0.2) is 6.20 Å². The van der Waals surface area contributed by atoms with Gasteiger partial charge in [0.2, 0.25) is 6.29 Å². The van der Waals surface area contributed by atoms with E-state index in [1.807, 2.05) is 13.1 Å². The first-order valence-electron chi connectivity index (χ1n) is 7.52. The second kappa shape index (κ2) is 7.28. The molecule has 0 aromatic carbocycles. The molecular formula is C16H24ClNO2. The van der Waals surface area contributed by atoms with E-state index < -0.39 is 0 Å². The zero-order valence-electron chi connectivity index (χ0n) is 12.6. The number of ether oxygens (including phenoxy) is 2. The molecule has 0 N–H and O–H groups in total. The van der Waals surface area contributed by atoms with Gasteiger partial charge in [-0.3, -0.25) is 4.98 Å². The standard InChI is InChI=1S/C16H24ClNO2/c1-4-6-7-12(5-2)16-19-10-14-13(8-17)9-18-11(3)15(14)20-16/h9,12,16H,4-8,10H2,1-3H3. The summed E-state index contributed by atoms with van der Waals surface area (Å²) in [4.78, 5) is 4.38. The van der Waals surface area contributed by atoms with Crippen LogP contribution in [0.5, 0.6) is 5.75 Å². The molecule has 1 aromatic heterocycles. The molecule has 0 spiro atoms. The Balaban J connectivity index is 2.17. The quantitative estimate of drug-likeness (QED) is 0.720. The normalized spacial score (nSPS) is 19.3. The maximum absolute atomic E-state index is 6.11. The summed E-state index contributed by atoms with van der Waals surface area (Å²) in [5.74, 6) is 1.77. The van der Waals surface area contributed by atoms with E-state index in [9.17, 15) is 0 Å². The molecule has 1 aliphatic heterocycles. The molecular weight excluding hydrogens is 274 g/mol. The number of aryl methyl sites for hydroxylation is 1. The first kappa shape index (κ1) is 15.6. The number of hydrogen-bond donors (Lipinski definition) is 0. The van der Waals surface area contributed by atoms with Crippen molar-refractivity contribution in [2.24, 2.45) is 5.92 Å². The summed E-state index contributed by atoms with van der Waals surface area (Å²) in [5.41, 5.74) is 2.99. The highest BCUT2D eigenvalue weighted by molar-refractivity contribution is 6.17. The van der Waals surface area contributed by atoms with Crippen molar-refractivity contribution in [3.05, 3.63) is 23.0 Å². The van der Waals surface area contributed by atoms with Crippen LogP contribution in [0.2, 0.25) is 0 Å². The summed E-state index contributed by atoms with van der Waals surface area (Å²) >= 11 is 5.96. The summed E-state index contributed by atoms with van der Waals surface area (Å²) in [6.07, 6.45) is 6.31. The van der Waals surface area contributed by atoms with Crippen molar-refractivity contribution < 1.29 is 9.47 Å². The Morgan fingerprint density at radius 1 is 1.45 bits per heavy atom. The molecule has 0 fully saturated rings. The molecule has 0 aliphatic carbocycles. The Kier molecular flexibility index (Phi) is 5.67. The smallest absolute Gasteiger partial charge is 0.203 e. The van der Waals surface area contributed by atoms with E-state index in [1.165, 1.54) is 12.8 Å². The van der Waals surface area contributed by atoms with Crippen LogP contribution in [0.3, 0.4) is 0 Å². The van der Waals surface area contributed by atoms with Crippen molar-refractivity contribution in [3.63, 3.8) is 0 Å². The molecule has 3 nitrogen and oxygen atoms in total. The molecule has 1 aliphatic rings. The Morgan fingerprint density at radius 3 is 2.90 bits per heavy atom. The summed E-state index contributed by atoms with van der Waals surface area (Å²) < 4.78 is 12.1. The molecule has 2 rings (SSSR count). The summed E-state index contributed by atoms with van der Waals surface area (Å²) in [6.45, 7) is 6.97. The van der Waals surface area contributed by atoms with Gasteiger partial charge >= 0.3 is 0 Å². The number of alkyl halides is 1. The van der Waals surface area contributed by atoms with Crippen molar-refractivity contribution in [2.75, 3.05) is 0 Å². The van der Waals surface area contributed by atoms with Crippen LogP contribution in [-0.4, -0.2) is 11.3 Å². The van der Waals surface area contributed by atoms with Gasteiger partial charge in [-0.15, -0.1) is 11.6 Å². The van der Waals surface area contributed by atoms with Crippen molar-refractivity contribution in [1.29, 1.82) is 0 Å². The number of rotatable bonds is 6. The van der Waals surface area contributed by atoms with Gasteiger partial charge in [0.1, 0.15) is 5.75 Å². The lowest BCUT2D eigenvalue weighted by molar-refractivity contribution is -0.143. The highest BCUT2D eigenvalue weighted by atomic mass is 35.5. The topological polar surface area (TPSA) is 31.4 Å². The predicted molar refractivity (Wildman–Crippen MR) is 81.0 cm³/mol. The first-order valence-corrected chi connectivity index (χ1v) is 8.06. The minimum Gasteiger partial charge on any atom is -0.462 e. The van der Waals surface area contributed by atoms with Gasteiger partial charge in [-0.2, -0.15) is 0 Å². The summed E-state index contributed by atoms with van der Waals surface area (Å²) in [7, 11) is 0. The van der Waals surface area contributed by atoms with Gasteiger partial charge < -0.3 is 9.47 Å². The van der Waals surface area contributed by atoms with Gasteiger partial charge in [-0.25, -0.2) is 0 Å². The molecule has 0 radical (unpaired) electrons. The van der Waals surface area contributed by atoms with E-state index in [-0.39, 0.29) is 6.29 Å². The third kappa shape index (κ3) is 3.26. The molecule has 20 heavy (non-hydrogen) atoms. The van der Waals surface area contributed by atoms with E-state index in [0.717, 1.165) is 35.4 Å². The Hall–Kier alpha value is -0.800. The van der Waals surface area contributed by atoms with Gasteiger partial charge in [0.15, 0.2) is 0 Å². The third-order valence-corrected chi connectivity index (χ3v) is 4.30. The van der Waals surface area contributed by atoms with Gasteiger partial charge in [0.05, 0.1) is 12.3 Å². The molecule has 2 atom stereocenters. The van der Waals surface area contributed by atoms with Crippen LogP contribution in [0.25, 0.3) is 0 Å². The molecule has 0 amide bonds. The number of nitrogens with zero attached hydrogens (tertiary/aromatic N) is 1. The molecule has 2 unspecified atom stereocenters. The minimum absolute atomic E-state index is 0.148. The monoisotopic (exact) mass is 297 g/mol. The number of fused-ring (bicyclic) bond motifs is 1. The molecule has 2 heterocycles. The maximum Gasteiger partial charge on any atom is 0.203 e. The van der Waals surface area contributed by atoms with Crippen LogP contribution in [0.1, 0.15) is 56.4 Å². The van der Waals surface area contributed by atoms with Crippen molar-refractivity contribution in [2.45, 2.75) is 65.2 Å². The fourth-order valence-electron chi connectivity index (χ4n) is 2.65. The third-order valence-electron chi connectivity index (χ3n) is 4.01. The highest BCUT2D eigenvalue weighted by Gasteiger charge is 2.29. The zero-order valence-corrected chi connectivity index (χ0v) is 13.4. The van der Waals surface area contributed by atoms with Gasteiger partial charge in [-0.05, 0) is 25.3 Å². The van der Waals surface area contributed by atoms with Crippen molar-refractivity contribution in [1.82, 2.24) is 4.98 Å². The molecule has 1 aromatic rings. The number of hydrogen-bond acceptors (Lipinski definition) is 3. The van der Waals surface area contributed by atoms with Crippen LogP contribution in [0.4, 0.5) is 0 Å². The lowest BCUT2D eigenvalue weighted by atomic mass is 9.98. The summed E-state index contributed by atoms with van der Waals surface area (Å²) in [5, 5.41) is 0. The van der Waals surface area contributed by atoms with Crippen LogP contribution in [-0.2, 0) is 17.2 Å². The number of pyridine rings is 1. The fraction of sp³-hybridized carbons (Fsp3) is 0.688. The lowest BCUT2D eigenvalue weighted by Gasteiger charge is -2.33. The number of aromatic nitrogens is 1. The molecule has 0 bridgehead atoms. The largest absolute Gasteiger partial charge is 0.462 e. The van der Waals surface area contributed by atoms with E-state index in [0.29, 0.717) is 18.4 Å². The van der Waals surface area contributed by atoms with Gasteiger partial charge in [0.25, 0.3) is 0 Å². The Labute approximate surface area is 126 Å². The fourth-order valence-corrected chi connectivity index (χ4v) is 2.88. The van der Waals surface area contributed by atoms with E-state index in [4.69, 9.17) is 21.1 Å². The number of halogens is 1. The van der Waals surface area contributed by atoms with Crippen LogP contribution < -0.4 is 4.74 Å². The highest BCUT2D eigenvalue weighted by Crippen LogP contribution is 2.35. The average molecular weight is 298 g/mol. The maximum atomic E-state index is 6.11. The van der Waals surface area contributed by atoms with Crippen LogP contribution >= 0.6 is 11.6 Å². The second-order valence-corrected chi connectivity index (χ2v) is 5.69. The SMILES string of the molecule is CCCCC(CC)C1OCc2c(CCl)cnc(C)c2O1. The molecule has 0 saturated carbocycles. The summed E-state index contributed by atoms with van der Waals surface area (Å²) in [6, 6.07) is 0. The Bertz CT molecular complexity index is 450. The zero-order chi connectivity index (χ0) is 14.5. The lowest BCUT2D eigenvalue weighted by Crippen LogP contribution is -2.34. The van der Waals surface area contributed by atoms with Gasteiger partial charge in [0, 0.05) is 23.6 Å². The predicted octanol–water partition coefficient (Wildman–Crippen LogP) is 4.58. The minimum atomic E-state index is -0.148. The average Bonchev–Trinajstić information content (AvgIpc) is 2.49. The molecule has 4 heteroatoms. The van der Waals surface area contributed by atoms with E-state index in [2.05, 4.69) is 18.8 Å². The van der Waals surface area contributed by atoms with Crippen LogP contribution in [0, 0.1) is 12.8 Å². The van der Waals surface area contributed by atoms with Gasteiger partial charge in [-0.1, -0.05) is 26.7 Å². The first-order chi connectivity index (χ1) is 9.71. The van der Waals surface area contributed by atoms with E-state index in [1.54, 1.807) is 0 Å². The molecule has 112 valence electrons. The Morgan fingerprint density at radius 2 is 2.25 bits per heavy atom. The second-order valence-electron chi connectivity index (χ2n) is 5.42. The number of unbranched alkanes of at least 4 members (excludes halogenated alkanes) is 1. The molecule has 0 saturated heterocycles. The van der Waals surface area contributed by atoms with Crippen molar-refractivity contribution >= 4 is 11.6 Å². The van der Waals surface area contributed by atoms with Crippen molar-refractivity contribution in [3.8, 4) is 5.75 Å².